The van der Waals surface area contributed by atoms with Crippen LogP contribution < -0.4 is 16.2 Å². The van der Waals surface area contributed by atoms with Gasteiger partial charge in [0.2, 0.25) is 5.91 Å². The molecule has 0 aromatic heterocycles. The van der Waals surface area contributed by atoms with Crippen molar-refractivity contribution < 1.29 is 14.5 Å². The molecule has 4 N–H and O–H groups in total. The van der Waals surface area contributed by atoms with E-state index in [2.05, 4.69) is 0 Å². The van der Waals surface area contributed by atoms with E-state index in [1.54, 1.807) is 13.0 Å². The van der Waals surface area contributed by atoms with Crippen LogP contribution in [-0.2, 0) is 4.79 Å². The first kappa shape index (κ1) is 13.9. The van der Waals surface area contributed by atoms with Crippen LogP contribution in [0.2, 0.25) is 0 Å². The second-order valence-corrected chi connectivity index (χ2v) is 3.85. The van der Waals surface area contributed by atoms with E-state index >= 15 is 0 Å². The van der Waals surface area contributed by atoms with Crippen LogP contribution in [0.25, 0.3) is 0 Å². The van der Waals surface area contributed by atoms with E-state index in [1.807, 2.05) is 0 Å². The van der Waals surface area contributed by atoms with E-state index in [4.69, 9.17) is 16.2 Å². The summed E-state index contributed by atoms with van der Waals surface area (Å²) < 4.78 is 5.33. The van der Waals surface area contributed by atoms with Gasteiger partial charge in [-0.2, -0.15) is 0 Å². The van der Waals surface area contributed by atoms with Crippen molar-refractivity contribution in [2.24, 2.45) is 11.5 Å². The maximum atomic E-state index is 10.7. The number of nitro groups is 1. The third-order valence-electron chi connectivity index (χ3n) is 2.43. The number of nitrogens with two attached hydrogens (primary N) is 2. The van der Waals surface area contributed by atoms with E-state index in [0.717, 1.165) is 0 Å². The third kappa shape index (κ3) is 3.70. The zero-order valence-electron chi connectivity index (χ0n) is 9.96. The highest BCUT2D eigenvalue weighted by molar-refractivity contribution is 5.79. The molecule has 0 saturated carbocycles. The molecule has 0 saturated heterocycles. The SMILES string of the molecule is Cc1cc(OCCC(N)C(N)=O)ccc1[N+](=O)[O-]. The minimum absolute atomic E-state index is 0.0381. The van der Waals surface area contributed by atoms with E-state index in [1.165, 1.54) is 12.1 Å². The number of aryl methyl sites for hydroxylation is 1. The largest absolute Gasteiger partial charge is 0.494 e. The van der Waals surface area contributed by atoms with Gasteiger partial charge in [-0.25, -0.2) is 0 Å². The molecule has 7 heteroatoms. The van der Waals surface area contributed by atoms with Crippen molar-refractivity contribution in [2.75, 3.05) is 6.61 Å². The van der Waals surface area contributed by atoms with Crippen LogP contribution in [0.5, 0.6) is 5.75 Å². The number of amides is 1. The van der Waals surface area contributed by atoms with Gasteiger partial charge in [0, 0.05) is 18.1 Å². The molecule has 0 spiro atoms. The van der Waals surface area contributed by atoms with Gasteiger partial charge in [0.25, 0.3) is 5.69 Å². The highest BCUT2D eigenvalue weighted by Gasteiger charge is 2.12. The van der Waals surface area contributed by atoms with Crippen molar-refractivity contribution in [1.29, 1.82) is 0 Å². The van der Waals surface area contributed by atoms with Gasteiger partial charge in [-0.15, -0.1) is 0 Å². The second-order valence-electron chi connectivity index (χ2n) is 3.85. The summed E-state index contributed by atoms with van der Waals surface area (Å²) in [5.74, 6) is -0.0896. The molecule has 0 fully saturated rings. The number of hydrogen-bond donors (Lipinski definition) is 2. The minimum Gasteiger partial charge on any atom is -0.494 e. The van der Waals surface area contributed by atoms with Crippen LogP contribution in [0, 0.1) is 17.0 Å². The zero-order chi connectivity index (χ0) is 13.7. The predicted octanol–water partition coefficient (Wildman–Crippen LogP) is 0.485. The first-order chi connectivity index (χ1) is 8.41. The molecule has 0 aliphatic carbocycles. The summed E-state index contributed by atoms with van der Waals surface area (Å²) in [6, 6.07) is 3.69. The minimum atomic E-state index is -0.746. The summed E-state index contributed by atoms with van der Waals surface area (Å²) in [6.07, 6.45) is 0.297. The zero-order valence-corrected chi connectivity index (χ0v) is 9.96. The summed E-state index contributed by atoms with van der Waals surface area (Å²) >= 11 is 0. The molecule has 0 bridgehead atoms. The lowest BCUT2D eigenvalue weighted by molar-refractivity contribution is -0.385. The second kappa shape index (κ2) is 5.97. The Kier molecular flexibility index (Phi) is 4.61. The van der Waals surface area contributed by atoms with Crippen molar-refractivity contribution >= 4 is 11.6 Å². The van der Waals surface area contributed by atoms with Gasteiger partial charge in [-0.3, -0.25) is 14.9 Å². The Balaban J connectivity index is 2.56. The number of carbonyl (C=O) groups excluding carboxylic acids is 1. The van der Waals surface area contributed by atoms with Crippen LogP contribution in [0.15, 0.2) is 18.2 Å². The van der Waals surface area contributed by atoms with E-state index in [-0.39, 0.29) is 12.3 Å². The van der Waals surface area contributed by atoms with Gasteiger partial charge in [-0.05, 0) is 19.1 Å². The molecule has 98 valence electrons. The number of primary amides is 1. The van der Waals surface area contributed by atoms with Crippen LogP contribution >= 0.6 is 0 Å². The van der Waals surface area contributed by atoms with E-state index in [9.17, 15) is 14.9 Å². The van der Waals surface area contributed by atoms with E-state index in [0.29, 0.717) is 17.7 Å². The molecular formula is C11H15N3O4. The molecule has 0 aliphatic heterocycles. The summed E-state index contributed by atoms with van der Waals surface area (Å²) in [7, 11) is 0. The van der Waals surface area contributed by atoms with Gasteiger partial charge in [0.15, 0.2) is 0 Å². The quantitative estimate of drug-likeness (QED) is 0.564. The van der Waals surface area contributed by atoms with Crippen molar-refractivity contribution in [3.8, 4) is 5.75 Å². The lowest BCUT2D eigenvalue weighted by Crippen LogP contribution is -2.37. The molecular weight excluding hydrogens is 238 g/mol. The number of nitrogens with zero attached hydrogens (tertiary/aromatic N) is 1. The van der Waals surface area contributed by atoms with Crippen molar-refractivity contribution in [1.82, 2.24) is 0 Å². The molecule has 1 unspecified atom stereocenters. The molecule has 1 aromatic carbocycles. The van der Waals surface area contributed by atoms with Gasteiger partial charge >= 0.3 is 0 Å². The monoisotopic (exact) mass is 253 g/mol. The molecule has 18 heavy (non-hydrogen) atoms. The topological polar surface area (TPSA) is 121 Å². The maximum absolute atomic E-state index is 10.7. The number of ether oxygens (including phenoxy) is 1. The third-order valence-corrected chi connectivity index (χ3v) is 2.43. The van der Waals surface area contributed by atoms with Crippen molar-refractivity contribution in [3.05, 3.63) is 33.9 Å². The molecule has 1 atom stereocenters. The predicted molar refractivity (Wildman–Crippen MR) is 65.1 cm³/mol. The van der Waals surface area contributed by atoms with E-state index < -0.39 is 16.9 Å². The van der Waals surface area contributed by atoms with Crippen LogP contribution in [0.1, 0.15) is 12.0 Å². The first-order valence-electron chi connectivity index (χ1n) is 5.34. The lowest BCUT2D eigenvalue weighted by Gasteiger charge is -2.09. The number of hydrogen-bond acceptors (Lipinski definition) is 5. The van der Waals surface area contributed by atoms with Gasteiger partial charge in [-0.1, -0.05) is 0 Å². The molecule has 1 rings (SSSR count). The van der Waals surface area contributed by atoms with Gasteiger partial charge in [0.05, 0.1) is 17.6 Å². The Labute approximate surface area is 104 Å². The Morgan fingerprint density at radius 1 is 1.56 bits per heavy atom. The Morgan fingerprint density at radius 3 is 2.72 bits per heavy atom. The normalized spacial score (nSPS) is 11.9. The Bertz CT molecular complexity index is 462. The molecule has 7 nitrogen and oxygen atoms in total. The average Bonchev–Trinajstić information content (AvgIpc) is 2.28. The standard InChI is InChI=1S/C11H15N3O4/c1-7-6-8(2-3-10(7)14(16)17)18-5-4-9(12)11(13)15/h2-3,6,9H,4-5,12H2,1H3,(H2,13,15). The molecule has 1 aromatic rings. The smallest absolute Gasteiger partial charge is 0.272 e. The fraction of sp³-hybridized carbons (Fsp3) is 0.364. The first-order valence-corrected chi connectivity index (χ1v) is 5.34. The Morgan fingerprint density at radius 2 is 2.22 bits per heavy atom. The van der Waals surface area contributed by atoms with Crippen LogP contribution in [0.4, 0.5) is 5.69 Å². The number of benzene rings is 1. The van der Waals surface area contributed by atoms with Crippen molar-refractivity contribution in [2.45, 2.75) is 19.4 Å². The number of nitro benzene ring substituents is 1. The Hall–Kier alpha value is -2.15. The van der Waals surface area contributed by atoms with Crippen molar-refractivity contribution in [3.63, 3.8) is 0 Å². The van der Waals surface area contributed by atoms with Crippen LogP contribution in [0.3, 0.4) is 0 Å². The fourth-order valence-corrected chi connectivity index (χ4v) is 1.37. The summed E-state index contributed by atoms with van der Waals surface area (Å²) in [6.45, 7) is 1.85. The molecule has 0 aliphatic rings. The summed E-state index contributed by atoms with van der Waals surface area (Å²) in [5, 5.41) is 10.6. The van der Waals surface area contributed by atoms with Gasteiger partial charge < -0.3 is 16.2 Å². The summed E-state index contributed by atoms with van der Waals surface area (Å²) in [4.78, 5) is 20.8. The fourth-order valence-electron chi connectivity index (χ4n) is 1.37. The molecule has 0 heterocycles. The molecule has 1 amide bonds. The van der Waals surface area contributed by atoms with Crippen LogP contribution in [-0.4, -0.2) is 23.5 Å². The summed E-state index contributed by atoms with van der Waals surface area (Å²) in [5.41, 5.74) is 11.0. The van der Waals surface area contributed by atoms with Gasteiger partial charge in [0.1, 0.15) is 5.75 Å². The maximum Gasteiger partial charge on any atom is 0.272 e. The number of rotatable bonds is 6. The highest BCUT2D eigenvalue weighted by atomic mass is 16.6. The highest BCUT2D eigenvalue weighted by Crippen LogP contribution is 2.23. The average molecular weight is 253 g/mol. The lowest BCUT2D eigenvalue weighted by atomic mass is 10.2. The molecule has 0 radical (unpaired) electrons. The number of carbonyl (C=O) groups is 1.